The lowest BCUT2D eigenvalue weighted by Gasteiger charge is -2.28. The number of nitrogens with zero attached hydrogens (tertiary/aromatic N) is 1. The van der Waals surface area contributed by atoms with Crippen LogP contribution in [0.15, 0.2) is 78.9 Å². The van der Waals surface area contributed by atoms with E-state index >= 15 is 0 Å². The second-order valence-corrected chi connectivity index (χ2v) is 12.2. The van der Waals surface area contributed by atoms with Crippen LogP contribution < -0.4 is 21.1 Å². The number of rotatable bonds is 14. The maximum Gasteiger partial charge on any atom is 0.310 e. The quantitative estimate of drug-likeness (QED) is 0.101. The van der Waals surface area contributed by atoms with Crippen molar-refractivity contribution in [3.05, 3.63) is 101 Å². The number of hydrogen-bond acceptors (Lipinski definition) is 7. The third-order valence-corrected chi connectivity index (χ3v) is 8.11. The van der Waals surface area contributed by atoms with E-state index < -0.39 is 52.3 Å². The first-order valence-corrected chi connectivity index (χ1v) is 15.5. The molecule has 0 bridgehead atoms. The highest BCUT2D eigenvalue weighted by molar-refractivity contribution is 7.88. The van der Waals surface area contributed by atoms with E-state index in [1.165, 1.54) is 14.0 Å². The van der Waals surface area contributed by atoms with Crippen LogP contribution in [0, 0.1) is 5.41 Å². The third kappa shape index (κ3) is 11.0. The van der Waals surface area contributed by atoms with Crippen LogP contribution in [0.1, 0.15) is 23.6 Å². The topological polar surface area (TPSA) is 184 Å². The number of carbonyl (C=O) groups excluding carboxylic acids is 3. The van der Waals surface area contributed by atoms with Crippen LogP contribution in [-0.4, -0.2) is 62.8 Å². The number of benzene rings is 3. The van der Waals surface area contributed by atoms with Crippen molar-refractivity contribution in [1.82, 2.24) is 14.9 Å². The molecule has 0 fully saturated rings. The van der Waals surface area contributed by atoms with E-state index in [0.717, 1.165) is 10.5 Å². The zero-order valence-corrected chi connectivity index (χ0v) is 25.8. The second-order valence-electron chi connectivity index (χ2n) is 9.98. The average molecular weight is 643 g/mol. The molecule has 6 N–H and O–H groups in total. The molecular weight excluding hydrogens is 608 g/mol. The zero-order chi connectivity index (χ0) is 32.3. The molecule has 14 heteroatoms. The van der Waals surface area contributed by atoms with Gasteiger partial charge in [0.2, 0.25) is 21.8 Å². The SMILES string of the molecule is C[C@@H](C(=O)NCc1ccc(NC(=N)N)cc1)N(C)C(=O)[C@@H](COC(=O)Cc1ccccc1)NS(=O)(=O)Cc1ccc(Cl)cc1. The number of carbonyl (C=O) groups is 3. The highest BCUT2D eigenvalue weighted by Crippen LogP contribution is 2.13. The van der Waals surface area contributed by atoms with Gasteiger partial charge in [0, 0.05) is 24.3 Å². The summed E-state index contributed by atoms with van der Waals surface area (Å²) in [5.74, 6) is -2.56. The summed E-state index contributed by atoms with van der Waals surface area (Å²) in [5, 5.41) is 13.1. The molecule has 234 valence electrons. The molecule has 2 amide bonds. The van der Waals surface area contributed by atoms with Crippen molar-refractivity contribution in [3.8, 4) is 0 Å². The van der Waals surface area contributed by atoms with Gasteiger partial charge in [-0.1, -0.05) is 66.2 Å². The Bertz CT molecular complexity index is 1550. The summed E-state index contributed by atoms with van der Waals surface area (Å²) >= 11 is 5.90. The Morgan fingerprint density at radius 3 is 2.18 bits per heavy atom. The molecule has 0 radical (unpaired) electrons. The van der Waals surface area contributed by atoms with Crippen molar-refractivity contribution in [2.75, 3.05) is 19.0 Å². The lowest BCUT2D eigenvalue weighted by Crippen LogP contribution is -2.55. The van der Waals surface area contributed by atoms with Crippen molar-refractivity contribution in [1.29, 1.82) is 5.41 Å². The molecule has 0 spiro atoms. The Hall–Kier alpha value is -4.46. The molecule has 3 rings (SSSR count). The minimum absolute atomic E-state index is 0.0697. The maximum atomic E-state index is 13.5. The van der Waals surface area contributed by atoms with Crippen LogP contribution in [0.25, 0.3) is 0 Å². The summed E-state index contributed by atoms with van der Waals surface area (Å²) in [6.45, 7) is 1.07. The summed E-state index contributed by atoms with van der Waals surface area (Å²) in [6, 6.07) is 19.4. The number of nitrogens with two attached hydrogens (primary N) is 1. The van der Waals surface area contributed by atoms with E-state index in [1.807, 2.05) is 0 Å². The smallest absolute Gasteiger partial charge is 0.310 e. The van der Waals surface area contributed by atoms with E-state index in [2.05, 4.69) is 15.4 Å². The van der Waals surface area contributed by atoms with E-state index in [1.54, 1.807) is 78.9 Å². The summed E-state index contributed by atoms with van der Waals surface area (Å²) < 4.78 is 33.7. The number of ether oxygens (including phenoxy) is 1. The predicted molar refractivity (Wildman–Crippen MR) is 168 cm³/mol. The van der Waals surface area contributed by atoms with Crippen LogP contribution in [0.4, 0.5) is 5.69 Å². The van der Waals surface area contributed by atoms with Crippen molar-refractivity contribution in [2.24, 2.45) is 5.73 Å². The number of esters is 1. The van der Waals surface area contributed by atoms with Gasteiger partial charge in [0.15, 0.2) is 5.96 Å². The first-order valence-electron chi connectivity index (χ1n) is 13.5. The Morgan fingerprint density at radius 1 is 0.955 bits per heavy atom. The van der Waals surface area contributed by atoms with E-state index in [-0.39, 0.29) is 18.9 Å². The Morgan fingerprint density at radius 2 is 1.57 bits per heavy atom. The fourth-order valence-electron chi connectivity index (χ4n) is 4.01. The molecule has 12 nitrogen and oxygen atoms in total. The second kappa shape index (κ2) is 15.8. The van der Waals surface area contributed by atoms with Crippen LogP contribution >= 0.6 is 11.6 Å². The van der Waals surface area contributed by atoms with Gasteiger partial charge in [-0.05, 0) is 47.9 Å². The van der Waals surface area contributed by atoms with Gasteiger partial charge in [-0.3, -0.25) is 19.8 Å². The van der Waals surface area contributed by atoms with Gasteiger partial charge < -0.3 is 26.0 Å². The fourth-order valence-corrected chi connectivity index (χ4v) is 5.46. The molecule has 44 heavy (non-hydrogen) atoms. The predicted octanol–water partition coefficient (Wildman–Crippen LogP) is 2.38. The molecule has 0 unspecified atom stereocenters. The van der Waals surface area contributed by atoms with Crippen molar-refractivity contribution in [3.63, 3.8) is 0 Å². The number of amides is 2. The maximum absolute atomic E-state index is 13.5. The first kappa shape index (κ1) is 34.0. The molecular formula is C30H35ClN6O6S. The van der Waals surface area contributed by atoms with Crippen LogP contribution in [0.2, 0.25) is 5.02 Å². The highest BCUT2D eigenvalue weighted by Gasteiger charge is 2.32. The van der Waals surface area contributed by atoms with E-state index in [9.17, 15) is 22.8 Å². The lowest BCUT2D eigenvalue weighted by atomic mass is 10.1. The Balaban J connectivity index is 1.68. The third-order valence-electron chi connectivity index (χ3n) is 6.50. The number of hydrogen-bond donors (Lipinski definition) is 5. The first-order chi connectivity index (χ1) is 20.8. The largest absolute Gasteiger partial charge is 0.463 e. The van der Waals surface area contributed by atoms with Gasteiger partial charge >= 0.3 is 5.97 Å². The van der Waals surface area contributed by atoms with Crippen LogP contribution in [-0.2, 0) is 47.9 Å². The van der Waals surface area contributed by atoms with E-state index in [4.69, 9.17) is 27.5 Å². The molecule has 0 heterocycles. The van der Waals surface area contributed by atoms with Gasteiger partial charge in [0.25, 0.3) is 0 Å². The number of nitrogens with one attached hydrogen (secondary N) is 4. The molecule has 0 saturated heterocycles. The molecule has 0 aromatic heterocycles. The fraction of sp³-hybridized carbons (Fsp3) is 0.267. The van der Waals surface area contributed by atoms with Crippen LogP contribution in [0.5, 0.6) is 0 Å². The van der Waals surface area contributed by atoms with Crippen molar-refractivity contribution >= 4 is 51.1 Å². The number of guanidine groups is 1. The number of sulfonamides is 1. The Kier molecular flexibility index (Phi) is 12.3. The number of anilines is 1. The number of halogens is 1. The summed E-state index contributed by atoms with van der Waals surface area (Å²) in [7, 11) is -2.73. The van der Waals surface area contributed by atoms with Gasteiger partial charge in [0.05, 0.1) is 12.2 Å². The van der Waals surface area contributed by atoms with Gasteiger partial charge in [-0.15, -0.1) is 0 Å². The normalized spacial score (nSPS) is 12.4. The number of likely N-dealkylation sites (N-methyl/N-ethyl adjacent to an activating group) is 1. The van der Waals surface area contributed by atoms with Crippen molar-refractivity contribution < 1.29 is 27.5 Å². The van der Waals surface area contributed by atoms with Crippen molar-refractivity contribution in [2.45, 2.75) is 37.7 Å². The minimum atomic E-state index is -4.09. The Labute approximate surface area is 261 Å². The van der Waals surface area contributed by atoms with Gasteiger partial charge in [0.1, 0.15) is 18.7 Å². The van der Waals surface area contributed by atoms with Gasteiger partial charge in [-0.25, -0.2) is 8.42 Å². The molecule has 3 aromatic rings. The van der Waals surface area contributed by atoms with Crippen LogP contribution in [0.3, 0.4) is 0 Å². The summed E-state index contributed by atoms with van der Waals surface area (Å²) in [4.78, 5) is 40.0. The van der Waals surface area contributed by atoms with Gasteiger partial charge in [-0.2, -0.15) is 4.72 Å². The molecule has 0 saturated carbocycles. The summed E-state index contributed by atoms with van der Waals surface area (Å²) in [6.07, 6.45) is -0.0697. The minimum Gasteiger partial charge on any atom is -0.463 e. The van der Waals surface area contributed by atoms with E-state index in [0.29, 0.717) is 21.8 Å². The standard InChI is InChI=1S/C30H35ClN6O6S/c1-20(28(39)34-17-22-10-14-25(15-11-22)35-30(32)33)37(2)29(40)26(18-43-27(38)16-21-6-4-3-5-7-21)36-44(41,42)19-23-8-12-24(31)13-9-23/h3-15,20,26,36H,16-19H2,1-2H3,(H,34,39)(H4,32,33,35)/t20-,26+/m0/s1. The molecule has 0 aliphatic carbocycles. The molecule has 0 aliphatic heterocycles. The molecule has 3 aromatic carbocycles. The highest BCUT2D eigenvalue weighted by atomic mass is 35.5. The average Bonchev–Trinajstić information content (AvgIpc) is 2.99. The monoisotopic (exact) mass is 642 g/mol. The molecule has 0 aliphatic rings. The molecule has 2 atom stereocenters. The zero-order valence-electron chi connectivity index (χ0n) is 24.2. The lowest BCUT2D eigenvalue weighted by molar-refractivity contribution is -0.147. The summed E-state index contributed by atoms with van der Waals surface area (Å²) in [5.41, 5.74) is 7.81.